The van der Waals surface area contributed by atoms with Gasteiger partial charge in [0.15, 0.2) is 5.82 Å². The zero-order chi connectivity index (χ0) is 14.3. The molecule has 0 spiro atoms. The maximum absolute atomic E-state index is 8.90. The molecule has 0 bridgehead atoms. The average molecular weight is 355 g/mol. The third-order valence-corrected chi connectivity index (χ3v) is 4.37. The van der Waals surface area contributed by atoms with Crippen molar-refractivity contribution in [3.63, 3.8) is 0 Å². The highest BCUT2D eigenvalue weighted by atomic mass is 79.9. The number of nitrogens with zero attached hydrogens (tertiary/aromatic N) is 4. The molecule has 0 saturated heterocycles. The van der Waals surface area contributed by atoms with Gasteiger partial charge >= 0.3 is 0 Å². The summed E-state index contributed by atoms with van der Waals surface area (Å²) in [6.07, 6.45) is 3.83. The lowest BCUT2D eigenvalue weighted by Gasteiger charge is -2.08. The minimum absolute atomic E-state index is 0.184. The van der Waals surface area contributed by atoms with Crippen LogP contribution in [0.15, 0.2) is 15.8 Å². The van der Waals surface area contributed by atoms with E-state index >= 15 is 0 Å². The van der Waals surface area contributed by atoms with Gasteiger partial charge in [-0.15, -0.1) is 11.6 Å². The van der Waals surface area contributed by atoms with Crippen LogP contribution in [0, 0.1) is 17.2 Å². The molecule has 8 heteroatoms. The summed E-state index contributed by atoms with van der Waals surface area (Å²) in [5.74, 6) is 0.627. The minimum atomic E-state index is -0.185. The molecular weight excluding hydrogens is 346 g/mol. The van der Waals surface area contributed by atoms with Gasteiger partial charge in [0, 0.05) is 6.20 Å². The van der Waals surface area contributed by atoms with Gasteiger partial charge in [-0.25, -0.2) is 4.98 Å². The van der Waals surface area contributed by atoms with Gasteiger partial charge in [0.1, 0.15) is 11.6 Å². The third kappa shape index (κ3) is 2.15. The van der Waals surface area contributed by atoms with Crippen LogP contribution in [-0.4, -0.2) is 25.9 Å². The van der Waals surface area contributed by atoms with Gasteiger partial charge in [0.2, 0.25) is 5.71 Å². The van der Waals surface area contributed by atoms with Crippen LogP contribution in [0.1, 0.15) is 29.7 Å². The molecule has 1 unspecified atom stereocenters. The van der Waals surface area contributed by atoms with E-state index < -0.39 is 0 Å². The number of fused-ring (bicyclic) bond motifs is 1. The first-order valence-corrected chi connectivity index (χ1v) is 7.19. The number of halogens is 2. The molecule has 1 atom stereocenters. The Morgan fingerprint density at radius 2 is 2.40 bits per heavy atom. The zero-order valence-corrected chi connectivity index (χ0v) is 12.5. The molecule has 1 saturated carbocycles. The summed E-state index contributed by atoms with van der Waals surface area (Å²) >= 11 is 9.79. The molecule has 1 fully saturated rings. The first-order valence-electron chi connectivity index (χ1n) is 5.96. The number of pyridine rings is 1. The average Bonchev–Trinajstić information content (AvgIpc) is 3.20. The van der Waals surface area contributed by atoms with Crippen molar-refractivity contribution in [3.8, 4) is 6.07 Å². The normalized spacial score (nSPS) is 17.1. The number of aromatic amines is 1. The quantitative estimate of drug-likeness (QED) is 0.383. The first kappa shape index (κ1) is 13.3. The molecule has 0 aromatic carbocycles. The Hall–Kier alpha value is -1.65. The van der Waals surface area contributed by atoms with Gasteiger partial charge in [-0.1, -0.05) is 5.16 Å². The van der Waals surface area contributed by atoms with Crippen LogP contribution in [-0.2, 0) is 0 Å². The van der Waals surface area contributed by atoms with E-state index in [9.17, 15) is 0 Å². The van der Waals surface area contributed by atoms with Crippen molar-refractivity contribution in [2.75, 3.05) is 0 Å². The van der Waals surface area contributed by atoms with Crippen molar-refractivity contribution < 1.29 is 5.21 Å². The molecule has 3 rings (SSSR count). The third-order valence-electron chi connectivity index (χ3n) is 3.23. The molecule has 1 aliphatic rings. The number of nitrogens with one attached hydrogen (secondary N) is 1. The fourth-order valence-electron chi connectivity index (χ4n) is 2.04. The largest absolute Gasteiger partial charge is 0.410 e. The Kier molecular flexibility index (Phi) is 3.36. The molecule has 1 aliphatic carbocycles. The predicted octanol–water partition coefficient (Wildman–Crippen LogP) is 3.11. The minimum Gasteiger partial charge on any atom is -0.410 e. The SMILES string of the molecule is N#CC(=NO)c1nc2c(Br)cnc(C(Cl)C3CC3)c2[nH]1. The standard InChI is InChI=1S/C12H9BrClN5O/c13-6-4-16-10(8(14)5-1-2-5)11-9(6)17-12(18-11)7(3-15)19-20/h4-5,8,20H,1-2H2,(H,17,18). The van der Waals surface area contributed by atoms with Gasteiger partial charge in [-0.2, -0.15) is 5.26 Å². The summed E-state index contributed by atoms with van der Waals surface area (Å²) in [4.78, 5) is 11.6. The Morgan fingerprint density at radius 3 is 3.00 bits per heavy atom. The van der Waals surface area contributed by atoms with E-state index in [0.29, 0.717) is 27.1 Å². The summed E-state index contributed by atoms with van der Waals surface area (Å²) in [6, 6.07) is 1.77. The van der Waals surface area contributed by atoms with Gasteiger partial charge in [0.05, 0.1) is 21.1 Å². The van der Waals surface area contributed by atoms with E-state index in [1.807, 2.05) is 0 Å². The Morgan fingerprint density at radius 1 is 1.65 bits per heavy atom. The predicted molar refractivity (Wildman–Crippen MR) is 76.8 cm³/mol. The topological polar surface area (TPSA) is 97.9 Å². The van der Waals surface area contributed by atoms with Crippen molar-refractivity contribution in [2.45, 2.75) is 18.2 Å². The summed E-state index contributed by atoms with van der Waals surface area (Å²) in [5.41, 5.74) is 1.81. The summed E-state index contributed by atoms with van der Waals surface area (Å²) in [7, 11) is 0. The van der Waals surface area contributed by atoms with Gasteiger partial charge in [-0.3, -0.25) is 4.98 Å². The van der Waals surface area contributed by atoms with Crippen LogP contribution < -0.4 is 0 Å². The van der Waals surface area contributed by atoms with E-state index in [4.69, 9.17) is 22.1 Å². The number of imidazole rings is 1. The van der Waals surface area contributed by atoms with Crippen LogP contribution in [0.2, 0.25) is 0 Å². The molecule has 20 heavy (non-hydrogen) atoms. The number of rotatable bonds is 3. The van der Waals surface area contributed by atoms with E-state index in [1.54, 1.807) is 12.3 Å². The Labute approximate surface area is 127 Å². The van der Waals surface area contributed by atoms with E-state index in [1.165, 1.54) is 0 Å². The molecular formula is C12H9BrClN5O. The highest BCUT2D eigenvalue weighted by Crippen LogP contribution is 2.46. The molecule has 2 heterocycles. The Balaban J connectivity index is 2.18. The lowest BCUT2D eigenvalue weighted by molar-refractivity contribution is 0.320. The number of hydrogen-bond donors (Lipinski definition) is 2. The van der Waals surface area contributed by atoms with Crippen LogP contribution in [0.3, 0.4) is 0 Å². The highest BCUT2D eigenvalue weighted by Gasteiger charge is 2.33. The molecule has 6 nitrogen and oxygen atoms in total. The monoisotopic (exact) mass is 353 g/mol. The lowest BCUT2D eigenvalue weighted by atomic mass is 10.1. The van der Waals surface area contributed by atoms with E-state index in [-0.39, 0.29) is 16.9 Å². The van der Waals surface area contributed by atoms with Crippen molar-refractivity contribution >= 4 is 44.3 Å². The molecule has 2 aromatic rings. The highest BCUT2D eigenvalue weighted by molar-refractivity contribution is 9.10. The van der Waals surface area contributed by atoms with E-state index in [2.05, 4.69) is 36.0 Å². The molecule has 2 aromatic heterocycles. The second-order valence-electron chi connectivity index (χ2n) is 4.60. The Bertz CT molecular complexity index is 746. The van der Waals surface area contributed by atoms with Crippen molar-refractivity contribution in [3.05, 3.63) is 22.2 Å². The molecule has 0 amide bonds. The second kappa shape index (κ2) is 5.04. The summed E-state index contributed by atoms with van der Waals surface area (Å²) in [5, 5.41) is 20.4. The first-order chi connectivity index (χ1) is 9.65. The van der Waals surface area contributed by atoms with Crippen LogP contribution in [0.25, 0.3) is 11.0 Å². The van der Waals surface area contributed by atoms with Crippen molar-refractivity contribution in [1.82, 2.24) is 15.0 Å². The van der Waals surface area contributed by atoms with Crippen molar-refractivity contribution in [2.24, 2.45) is 11.1 Å². The fourth-order valence-corrected chi connectivity index (χ4v) is 2.85. The maximum Gasteiger partial charge on any atom is 0.221 e. The number of hydrogen-bond acceptors (Lipinski definition) is 5. The number of H-pyrrole nitrogens is 1. The van der Waals surface area contributed by atoms with Gasteiger partial charge in [0.25, 0.3) is 0 Å². The number of alkyl halides is 1. The fraction of sp³-hybridized carbons (Fsp3) is 0.333. The van der Waals surface area contributed by atoms with Crippen molar-refractivity contribution in [1.29, 1.82) is 5.26 Å². The second-order valence-corrected chi connectivity index (χ2v) is 5.92. The molecule has 2 N–H and O–H groups in total. The van der Waals surface area contributed by atoms with Gasteiger partial charge < -0.3 is 10.2 Å². The molecule has 102 valence electrons. The summed E-state index contributed by atoms with van der Waals surface area (Å²) < 4.78 is 0.689. The van der Waals surface area contributed by atoms with Crippen LogP contribution >= 0.6 is 27.5 Å². The smallest absolute Gasteiger partial charge is 0.221 e. The maximum atomic E-state index is 8.90. The number of oxime groups is 1. The molecule has 0 radical (unpaired) electrons. The number of aromatic nitrogens is 3. The molecule has 0 aliphatic heterocycles. The number of nitriles is 1. The van der Waals surface area contributed by atoms with Crippen LogP contribution in [0.5, 0.6) is 0 Å². The lowest BCUT2D eigenvalue weighted by Crippen LogP contribution is -2.00. The van der Waals surface area contributed by atoms with Crippen LogP contribution in [0.4, 0.5) is 0 Å². The zero-order valence-electron chi connectivity index (χ0n) is 10.1. The summed E-state index contributed by atoms with van der Waals surface area (Å²) in [6.45, 7) is 0. The van der Waals surface area contributed by atoms with E-state index in [0.717, 1.165) is 12.8 Å². The van der Waals surface area contributed by atoms with Gasteiger partial charge in [-0.05, 0) is 34.7 Å².